The van der Waals surface area contributed by atoms with Crippen molar-refractivity contribution in [1.29, 1.82) is 0 Å². The van der Waals surface area contributed by atoms with Gasteiger partial charge in [-0.3, -0.25) is 9.59 Å². The van der Waals surface area contributed by atoms with Gasteiger partial charge in [-0.15, -0.1) is 10.2 Å². The van der Waals surface area contributed by atoms with Crippen LogP contribution in [0.3, 0.4) is 0 Å². The molecule has 0 radical (unpaired) electrons. The fraction of sp³-hybridized carbons (Fsp3) is 0.263. The molecule has 0 saturated heterocycles. The summed E-state index contributed by atoms with van der Waals surface area (Å²) in [5.74, 6) is 0.0405. The lowest BCUT2D eigenvalue weighted by Crippen LogP contribution is -2.15. The van der Waals surface area contributed by atoms with Crippen LogP contribution in [0.2, 0.25) is 0 Å². The lowest BCUT2D eigenvalue weighted by molar-refractivity contribution is -0.142. The summed E-state index contributed by atoms with van der Waals surface area (Å²) < 4.78 is 10.6. The number of carbonyl (C=O) groups is 2. The number of hydrogen-bond donors (Lipinski definition) is 1. The van der Waals surface area contributed by atoms with E-state index in [9.17, 15) is 9.59 Å². The number of carbonyl (C=O) groups excluding carboxylic acids is 2. The zero-order chi connectivity index (χ0) is 18.5. The van der Waals surface area contributed by atoms with Gasteiger partial charge in [-0.05, 0) is 32.0 Å². The Morgan fingerprint density at radius 3 is 2.62 bits per heavy atom. The third-order valence-corrected chi connectivity index (χ3v) is 3.84. The molecule has 0 aliphatic heterocycles. The molecular weight excluding hydrogens is 334 g/mol. The van der Waals surface area contributed by atoms with Crippen molar-refractivity contribution >= 4 is 11.8 Å². The number of ketones is 1. The smallest absolute Gasteiger partial charge is 0.306 e. The van der Waals surface area contributed by atoms with Crippen molar-refractivity contribution in [3.63, 3.8) is 0 Å². The van der Waals surface area contributed by atoms with Gasteiger partial charge in [-0.2, -0.15) is 0 Å². The molecule has 1 aromatic carbocycles. The van der Waals surface area contributed by atoms with Crippen molar-refractivity contribution in [2.45, 2.75) is 26.7 Å². The van der Waals surface area contributed by atoms with Crippen molar-refractivity contribution in [3.05, 3.63) is 59.2 Å². The number of hydrogen-bond acceptors (Lipinski definition) is 6. The fourth-order valence-electron chi connectivity index (χ4n) is 2.57. The molecule has 0 aliphatic carbocycles. The van der Waals surface area contributed by atoms with E-state index in [0.717, 1.165) is 17.0 Å². The Hall–Kier alpha value is -3.22. The summed E-state index contributed by atoms with van der Waals surface area (Å²) in [6.07, 6.45) is 0.323. The van der Waals surface area contributed by atoms with Crippen LogP contribution in [0, 0.1) is 13.8 Å². The zero-order valence-electron chi connectivity index (χ0n) is 14.6. The van der Waals surface area contributed by atoms with E-state index in [2.05, 4.69) is 15.2 Å². The maximum Gasteiger partial charge on any atom is 0.306 e. The van der Waals surface area contributed by atoms with Gasteiger partial charge < -0.3 is 14.1 Å². The molecule has 7 nitrogen and oxygen atoms in total. The SMILES string of the molecule is Cc1cc(C(=O)COC(=O)CCc2nnc(-c3ccccc3)o2)c(C)[nH]1. The van der Waals surface area contributed by atoms with Gasteiger partial charge in [0.1, 0.15) is 0 Å². The van der Waals surface area contributed by atoms with E-state index in [1.165, 1.54) is 0 Å². The summed E-state index contributed by atoms with van der Waals surface area (Å²) >= 11 is 0. The number of ether oxygens (including phenoxy) is 1. The van der Waals surface area contributed by atoms with Crippen LogP contribution < -0.4 is 0 Å². The average molecular weight is 353 g/mol. The molecule has 0 bridgehead atoms. The van der Waals surface area contributed by atoms with Crippen LogP contribution >= 0.6 is 0 Å². The van der Waals surface area contributed by atoms with Crippen LogP contribution in [0.1, 0.15) is 34.1 Å². The Morgan fingerprint density at radius 1 is 1.15 bits per heavy atom. The molecule has 0 spiro atoms. The van der Waals surface area contributed by atoms with Crippen molar-refractivity contribution in [2.24, 2.45) is 0 Å². The van der Waals surface area contributed by atoms with Gasteiger partial charge in [0, 0.05) is 28.9 Å². The number of nitrogens with zero attached hydrogens (tertiary/aromatic N) is 2. The number of aryl methyl sites for hydroxylation is 3. The summed E-state index contributed by atoms with van der Waals surface area (Å²) in [4.78, 5) is 27.0. The fourth-order valence-corrected chi connectivity index (χ4v) is 2.57. The molecule has 0 aliphatic rings. The first kappa shape index (κ1) is 17.6. The van der Waals surface area contributed by atoms with E-state index in [-0.39, 0.29) is 25.2 Å². The first-order chi connectivity index (χ1) is 12.5. The van der Waals surface area contributed by atoms with Crippen LogP contribution in [0.15, 0.2) is 40.8 Å². The van der Waals surface area contributed by atoms with E-state index < -0.39 is 5.97 Å². The van der Waals surface area contributed by atoms with Gasteiger partial charge in [0.25, 0.3) is 0 Å². The van der Waals surface area contributed by atoms with E-state index in [0.29, 0.717) is 17.3 Å². The Bertz CT molecular complexity index is 912. The van der Waals surface area contributed by atoms with Crippen molar-refractivity contribution in [3.8, 4) is 11.5 Å². The van der Waals surface area contributed by atoms with E-state index >= 15 is 0 Å². The average Bonchev–Trinajstić information content (AvgIpc) is 3.25. The number of H-pyrrole nitrogens is 1. The highest BCUT2D eigenvalue weighted by Crippen LogP contribution is 2.17. The summed E-state index contributed by atoms with van der Waals surface area (Å²) in [7, 11) is 0. The highest BCUT2D eigenvalue weighted by atomic mass is 16.5. The molecule has 3 aromatic rings. The minimum Gasteiger partial charge on any atom is -0.457 e. The standard InChI is InChI=1S/C19H19N3O4/c1-12-10-15(13(2)20-12)16(23)11-25-18(24)9-8-17-21-22-19(26-17)14-6-4-3-5-7-14/h3-7,10,20H,8-9,11H2,1-2H3. The number of aromatic nitrogens is 3. The quantitative estimate of drug-likeness (QED) is 0.518. The minimum atomic E-state index is -0.484. The Morgan fingerprint density at radius 2 is 1.92 bits per heavy atom. The molecule has 2 heterocycles. The first-order valence-corrected chi connectivity index (χ1v) is 8.26. The highest BCUT2D eigenvalue weighted by Gasteiger charge is 2.15. The van der Waals surface area contributed by atoms with E-state index in [1.807, 2.05) is 44.2 Å². The molecule has 2 aromatic heterocycles. The third-order valence-electron chi connectivity index (χ3n) is 3.84. The maximum absolute atomic E-state index is 12.1. The predicted molar refractivity (Wildman–Crippen MR) is 93.6 cm³/mol. The van der Waals surface area contributed by atoms with Crippen molar-refractivity contribution in [2.75, 3.05) is 6.61 Å². The van der Waals surface area contributed by atoms with Gasteiger partial charge in [0.15, 0.2) is 6.61 Å². The van der Waals surface area contributed by atoms with Crippen LogP contribution in [-0.4, -0.2) is 33.5 Å². The zero-order valence-corrected chi connectivity index (χ0v) is 14.6. The maximum atomic E-state index is 12.1. The number of nitrogens with one attached hydrogen (secondary N) is 1. The van der Waals surface area contributed by atoms with Crippen LogP contribution in [-0.2, 0) is 16.0 Å². The molecule has 0 saturated carbocycles. The van der Waals surface area contributed by atoms with Crippen molar-refractivity contribution in [1.82, 2.24) is 15.2 Å². The second kappa shape index (κ2) is 7.77. The van der Waals surface area contributed by atoms with Gasteiger partial charge in [0.2, 0.25) is 17.6 Å². The second-order valence-electron chi connectivity index (χ2n) is 5.94. The number of benzene rings is 1. The molecule has 0 unspecified atom stereocenters. The van der Waals surface area contributed by atoms with Gasteiger partial charge in [-0.25, -0.2) is 0 Å². The molecule has 3 rings (SSSR count). The molecule has 0 fully saturated rings. The second-order valence-corrected chi connectivity index (χ2v) is 5.94. The Kier molecular flexibility index (Phi) is 5.26. The lowest BCUT2D eigenvalue weighted by atomic mass is 10.1. The molecule has 134 valence electrons. The summed E-state index contributed by atoms with van der Waals surface area (Å²) in [5, 5.41) is 7.89. The summed E-state index contributed by atoms with van der Waals surface area (Å²) in [5.41, 5.74) is 3.02. The first-order valence-electron chi connectivity index (χ1n) is 8.26. The third kappa shape index (κ3) is 4.24. The lowest BCUT2D eigenvalue weighted by Gasteiger charge is -2.03. The van der Waals surface area contributed by atoms with Crippen LogP contribution in [0.4, 0.5) is 0 Å². The number of Topliss-reactive ketones (excluding diaryl/α,β-unsaturated/α-hetero) is 1. The predicted octanol–water partition coefficient (Wildman–Crippen LogP) is 3.04. The topological polar surface area (TPSA) is 98.1 Å². The molecule has 7 heteroatoms. The molecular formula is C19H19N3O4. The summed E-state index contributed by atoms with van der Waals surface area (Å²) in [6, 6.07) is 11.1. The van der Waals surface area contributed by atoms with Gasteiger partial charge in [-0.1, -0.05) is 18.2 Å². The van der Waals surface area contributed by atoms with Gasteiger partial charge >= 0.3 is 5.97 Å². The molecule has 26 heavy (non-hydrogen) atoms. The van der Waals surface area contributed by atoms with E-state index in [1.54, 1.807) is 6.07 Å². The van der Waals surface area contributed by atoms with Gasteiger partial charge in [0.05, 0.1) is 6.42 Å². The van der Waals surface area contributed by atoms with Crippen LogP contribution in [0.25, 0.3) is 11.5 Å². The number of aromatic amines is 1. The van der Waals surface area contributed by atoms with Crippen molar-refractivity contribution < 1.29 is 18.7 Å². The van der Waals surface area contributed by atoms with E-state index in [4.69, 9.17) is 9.15 Å². The monoisotopic (exact) mass is 353 g/mol. The number of esters is 1. The molecule has 0 amide bonds. The van der Waals surface area contributed by atoms with Crippen LogP contribution in [0.5, 0.6) is 0 Å². The Balaban J connectivity index is 1.48. The summed E-state index contributed by atoms with van der Waals surface area (Å²) in [6.45, 7) is 3.39. The molecule has 1 N–H and O–H groups in total. The highest BCUT2D eigenvalue weighted by molar-refractivity contribution is 5.99. The minimum absolute atomic E-state index is 0.0643. The Labute approximate surface area is 150 Å². The normalized spacial score (nSPS) is 10.7. The number of rotatable bonds is 7. The molecule has 0 atom stereocenters. The largest absolute Gasteiger partial charge is 0.457 e.